The fraction of sp³-hybridized carbons (Fsp3) is 0.250. The van der Waals surface area contributed by atoms with E-state index in [1.54, 1.807) is 29.1 Å². The number of alkyl halides is 1. The highest BCUT2D eigenvalue weighted by Crippen LogP contribution is 2.34. The number of aryl methyl sites for hydroxylation is 1. The maximum absolute atomic E-state index is 14.2. The number of carboxylic acid groups (broad SMARTS) is 1. The number of hydrogen-bond donors (Lipinski definition) is 1. The van der Waals surface area contributed by atoms with Gasteiger partial charge in [0.15, 0.2) is 0 Å². The zero-order chi connectivity index (χ0) is 16.6. The first-order chi connectivity index (χ1) is 11.0. The minimum atomic E-state index is -1.31. The molecule has 0 saturated heterocycles. The monoisotopic (exact) mass is 354 g/mol. The SMILES string of the molecule is O=C(O)/C=C1/c2c(cnn2Cc2ccc(Cl)cc2Cl)CCC1F. The Kier molecular flexibility index (Phi) is 4.41. The number of carbonyl (C=O) groups is 1. The van der Waals surface area contributed by atoms with Crippen molar-refractivity contribution >= 4 is 34.7 Å². The summed E-state index contributed by atoms with van der Waals surface area (Å²) in [6.45, 7) is 0.314. The quantitative estimate of drug-likeness (QED) is 0.847. The average molecular weight is 355 g/mol. The topological polar surface area (TPSA) is 55.1 Å². The van der Waals surface area contributed by atoms with Crippen molar-refractivity contribution in [1.82, 2.24) is 9.78 Å². The van der Waals surface area contributed by atoms with E-state index in [1.807, 2.05) is 0 Å². The molecule has 1 aliphatic rings. The Balaban J connectivity index is 2.03. The van der Waals surface area contributed by atoms with Crippen molar-refractivity contribution in [1.29, 1.82) is 0 Å². The third kappa shape index (κ3) is 3.26. The van der Waals surface area contributed by atoms with Crippen molar-refractivity contribution in [2.24, 2.45) is 0 Å². The third-order valence-electron chi connectivity index (χ3n) is 3.81. The molecule has 23 heavy (non-hydrogen) atoms. The van der Waals surface area contributed by atoms with Crippen LogP contribution in [0.3, 0.4) is 0 Å². The van der Waals surface area contributed by atoms with Gasteiger partial charge in [-0.3, -0.25) is 4.68 Å². The van der Waals surface area contributed by atoms with Gasteiger partial charge < -0.3 is 5.11 Å². The lowest BCUT2D eigenvalue weighted by molar-refractivity contribution is -0.131. The molecule has 1 unspecified atom stereocenters. The van der Waals surface area contributed by atoms with E-state index in [0.717, 1.165) is 17.2 Å². The Morgan fingerprint density at radius 2 is 2.26 bits per heavy atom. The van der Waals surface area contributed by atoms with E-state index in [1.165, 1.54) is 0 Å². The fourth-order valence-corrected chi connectivity index (χ4v) is 3.22. The van der Waals surface area contributed by atoms with Crippen molar-refractivity contribution in [3.63, 3.8) is 0 Å². The number of halogens is 3. The van der Waals surface area contributed by atoms with Gasteiger partial charge in [-0.15, -0.1) is 0 Å². The Morgan fingerprint density at radius 1 is 1.48 bits per heavy atom. The summed E-state index contributed by atoms with van der Waals surface area (Å²) in [5, 5.41) is 14.3. The molecule has 1 aromatic heterocycles. The number of carboxylic acids is 1. The minimum Gasteiger partial charge on any atom is -0.478 e. The first kappa shape index (κ1) is 16.0. The molecule has 4 nitrogen and oxygen atoms in total. The molecule has 7 heteroatoms. The van der Waals surface area contributed by atoms with Crippen molar-refractivity contribution in [2.45, 2.75) is 25.6 Å². The van der Waals surface area contributed by atoms with Crippen molar-refractivity contribution in [3.8, 4) is 0 Å². The van der Waals surface area contributed by atoms with E-state index in [0.29, 0.717) is 28.7 Å². The predicted octanol–water partition coefficient (Wildman–Crippen LogP) is 3.99. The van der Waals surface area contributed by atoms with Gasteiger partial charge in [0.2, 0.25) is 0 Å². The largest absolute Gasteiger partial charge is 0.478 e. The summed E-state index contributed by atoms with van der Waals surface area (Å²) in [4.78, 5) is 11.0. The standard InChI is InChI=1S/C16H13Cl2FN2O2/c17-11-3-1-10(13(18)5-11)8-21-16-9(7-20-21)2-4-14(19)12(16)6-15(22)23/h1,3,5-7,14H,2,4,8H2,(H,22,23)/b12-6+. The van der Waals surface area contributed by atoms with Gasteiger partial charge in [-0.25, -0.2) is 9.18 Å². The highest BCUT2D eigenvalue weighted by atomic mass is 35.5. The molecular formula is C16H13Cl2FN2O2. The molecule has 120 valence electrons. The lowest BCUT2D eigenvalue weighted by atomic mass is 9.91. The summed E-state index contributed by atoms with van der Waals surface area (Å²) in [7, 11) is 0. The smallest absolute Gasteiger partial charge is 0.328 e. The van der Waals surface area contributed by atoms with Gasteiger partial charge in [-0.05, 0) is 36.1 Å². The van der Waals surface area contributed by atoms with Crippen LogP contribution in [0.1, 0.15) is 23.2 Å². The van der Waals surface area contributed by atoms with E-state index in [2.05, 4.69) is 5.10 Å². The van der Waals surface area contributed by atoms with Gasteiger partial charge in [-0.1, -0.05) is 29.3 Å². The molecule has 1 aromatic carbocycles. The zero-order valence-corrected chi connectivity index (χ0v) is 13.5. The second-order valence-electron chi connectivity index (χ2n) is 5.36. The second kappa shape index (κ2) is 6.34. The predicted molar refractivity (Wildman–Crippen MR) is 86.6 cm³/mol. The first-order valence-corrected chi connectivity index (χ1v) is 7.79. The molecular weight excluding hydrogens is 342 g/mol. The molecule has 0 radical (unpaired) electrons. The van der Waals surface area contributed by atoms with E-state index in [4.69, 9.17) is 28.3 Å². The molecule has 1 heterocycles. The van der Waals surface area contributed by atoms with Gasteiger partial charge in [-0.2, -0.15) is 5.10 Å². The van der Waals surface area contributed by atoms with Gasteiger partial charge in [0, 0.05) is 21.7 Å². The van der Waals surface area contributed by atoms with Crippen LogP contribution in [0.5, 0.6) is 0 Å². The van der Waals surface area contributed by atoms with Crippen LogP contribution >= 0.6 is 23.2 Å². The van der Waals surface area contributed by atoms with Crippen LogP contribution in [0.4, 0.5) is 4.39 Å². The van der Waals surface area contributed by atoms with E-state index in [9.17, 15) is 9.18 Å². The number of rotatable bonds is 3. The van der Waals surface area contributed by atoms with Gasteiger partial charge in [0.1, 0.15) is 6.17 Å². The molecule has 0 saturated carbocycles. The lowest BCUT2D eigenvalue weighted by Gasteiger charge is -2.21. The van der Waals surface area contributed by atoms with Gasteiger partial charge in [0.05, 0.1) is 18.4 Å². The molecule has 3 rings (SSSR count). The van der Waals surface area contributed by atoms with E-state index in [-0.39, 0.29) is 12.0 Å². The molecule has 0 spiro atoms. The summed E-state index contributed by atoms with van der Waals surface area (Å²) in [6, 6.07) is 5.11. The van der Waals surface area contributed by atoms with Crippen molar-refractivity contribution in [2.75, 3.05) is 0 Å². The second-order valence-corrected chi connectivity index (χ2v) is 6.20. The maximum Gasteiger partial charge on any atom is 0.328 e. The molecule has 0 fully saturated rings. The number of benzene rings is 1. The summed E-state index contributed by atoms with van der Waals surface area (Å²) in [5.74, 6) is -1.17. The highest BCUT2D eigenvalue weighted by molar-refractivity contribution is 6.35. The molecule has 1 N–H and O–H groups in total. The minimum absolute atomic E-state index is 0.154. The van der Waals surface area contributed by atoms with Crippen molar-refractivity contribution < 1.29 is 14.3 Å². The van der Waals surface area contributed by atoms with Crippen molar-refractivity contribution in [3.05, 3.63) is 57.3 Å². The summed E-state index contributed by atoms with van der Waals surface area (Å²) >= 11 is 12.1. The van der Waals surface area contributed by atoms with Crippen LogP contribution in [0.15, 0.2) is 30.5 Å². The van der Waals surface area contributed by atoms with Gasteiger partial charge in [0.25, 0.3) is 0 Å². The van der Waals surface area contributed by atoms with Crippen LogP contribution in [0, 0.1) is 0 Å². The Labute approximate surface area is 142 Å². The number of hydrogen-bond acceptors (Lipinski definition) is 2. The first-order valence-electron chi connectivity index (χ1n) is 7.03. The number of aliphatic carboxylic acids is 1. The van der Waals surface area contributed by atoms with Gasteiger partial charge >= 0.3 is 5.97 Å². The number of aromatic nitrogens is 2. The Hall–Kier alpha value is -1.85. The molecule has 1 atom stereocenters. The number of nitrogens with zero attached hydrogens (tertiary/aromatic N) is 2. The molecule has 0 amide bonds. The summed E-state index contributed by atoms with van der Waals surface area (Å²) in [6.07, 6.45) is 2.06. The maximum atomic E-state index is 14.2. The normalized spacial score (nSPS) is 18.9. The van der Waals surface area contributed by atoms with E-state index < -0.39 is 12.1 Å². The zero-order valence-electron chi connectivity index (χ0n) is 12.0. The van der Waals surface area contributed by atoms with E-state index >= 15 is 0 Å². The number of fused-ring (bicyclic) bond motifs is 1. The summed E-state index contributed by atoms with van der Waals surface area (Å²) < 4.78 is 15.8. The highest BCUT2D eigenvalue weighted by Gasteiger charge is 2.28. The summed E-state index contributed by atoms with van der Waals surface area (Å²) in [5.41, 5.74) is 2.30. The molecule has 0 bridgehead atoms. The average Bonchev–Trinajstić information content (AvgIpc) is 2.88. The third-order valence-corrected chi connectivity index (χ3v) is 4.39. The van der Waals surface area contributed by atoms with Crippen LogP contribution in [-0.4, -0.2) is 27.0 Å². The van der Waals surface area contributed by atoms with Crippen LogP contribution in [0.2, 0.25) is 10.0 Å². The number of allylic oxidation sites excluding steroid dienone is 1. The Morgan fingerprint density at radius 3 is 2.96 bits per heavy atom. The lowest BCUT2D eigenvalue weighted by Crippen LogP contribution is -2.18. The Bertz CT molecular complexity index is 801. The molecule has 2 aromatic rings. The molecule has 0 aliphatic heterocycles. The van der Waals surface area contributed by atoms with Crippen LogP contribution in [-0.2, 0) is 17.8 Å². The van der Waals surface area contributed by atoms with Crippen LogP contribution < -0.4 is 0 Å². The van der Waals surface area contributed by atoms with Crippen LogP contribution in [0.25, 0.3) is 5.57 Å². The fourth-order valence-electron chi connectivity index (χ4n) is 2.75. The molecule has 1 aliphatic carbocycles.